The lowest BCUT2D eigenvalue weighted by molar-refractivity contribution is 0.0329. The predicted molar refractivity (Wildman–Crippen MR) is 97.6 cm³/mol. The van der Waals surface area contributed by atoms with Crippen molar-refractivity contribution in [3.05, 3.63) is 34.1 Å². The lowest BCUT2D eigenvalue weighted by Crippen LogP contribution is -2.39. The van der Waals surface area contributed by atoms with Gasteiger partial charge in [-0.2, -0.15) is 0 Å². The highest BCUT2D eigenvalue weighted by molar-refractivity contribution is 5.83. The van der Waals surface area contributed by atoms with Crippen LogP contribution in [0.3, 0.4) is 0 Å². The molecule has 0 aliphatic carbocycles. The molecule has 6 heteroatoms. The van der Waals surface area contributed by atoms with Gasteiger partial charge < -0.3 is 19.2 Å². The van der Waals surface area contributed by atoms with Gasteiger partial charge in [0.25, 0.3) is 5.56 Å². The highest BCUT2D eigenvalue weighted by atomic mass is 16.5. The largest absolute Gasteiger partial charge is 0.493 e. The van der Waals surface area contributed by atoms with Gasteiger partial charge in [-0.15, -0.1) is 0 Å². The molecule has 0 atom stereocenters. The van der Waals surface area contributed by atoms with E-state index in [-0.39, 0.29) is 5.56 Å². The minimum atomic E-state index is -0.0507. The molecule has 1 fully saturated rings. The molecule has 0 spiro atoms. The normalized spacial score (nSPS) is 15.7. The molecule has 1 saturated heterocycles. The first-order valence-electron chi connectivity index (χ1n) is 8.76. The summed E-state index contributed by atoms with van der Waals surface area (Å²) >= 11 is 0. The summed E-state index contributed by atoms with van der Waals surface area (Å²) in [4.78, 5) is 17.9. The number of nitrogens with zero attached hydrogens (tertiary/aromatic N) is 1. The van der Waals surface area contributed by atoms with Crippen LogP contribution in [0.4, 0.5) is 0 Å². The monoisotopic (exact) mass is 346 g/mol. The van der Waals surface area contributed by atoms with Gasteiger partial charge in [0, 0.05) is 42.8 Å². The van der Waals surface area contributed by atoms with Crippen molar-refractivity contribution in [3.63, 3.8) is 0 Å². The van der Waals surface area contributed by atoms with Crippen molar-refractivity contribution in [2.45, 2.75) is 32.4 Å². The highest BCUT2D eigenvalue weighted by Crippen LogP contribution is 2.31. The number of hydrogen-bond acceptors (Lipinski definition) is 5. The molecule has 0 saturated carbocycles. The van der Waals surface area contributed by atoms with E-state index in [2.05, 4.69) is 16.8 Å². The van der Waals surface area contributed by atoms with Crippen LogP contribution in [0.5, 0.6) is 11.5 Å². The molecule has 0 bridgehead atoms. The average molecular weight is 346 g/mol. The number of rotatable bonds is 6. The van der Waals surface area contributed by atoms with Crippen molar-refractivity contribution in [3.8, 4) is 11.5 Å². The van der Waals surface area contributed by atoms with E-state index in [1.54, 1.807) is 20.3 Å². The SMILES string of the molecule is CCN(Cc1cc2cc(OC)c(OC)cc2[nH]c1=O)C1CCOCC1. The minimum absolute atomic E-state index is 0.0507. The molecule has 1 aromatic heterocycles. The summed E-state index contributed by atoms with van der Waals surface area (Å²) in [5, 5.41) is 0.940. The summed E-state index contributed by atoms with van der Waals surface area (Å²) in [5.41, 5.74) is 1.47. The van der Waals surface area contributed by atoms with Crippen LogP contribution >= 0.6 is 0 Å². The third-order valence-corrected chi connectivity index (χ3v) is 4.91. The van der Waals surface area contributed by atoms with E-state index in [1.165, 1.54) is 0 Å². The Morgan fingerprint density at radius 2 is 1.84 bits per heavy atom. The van der Waals surface area contributed by atoms with Gasteiger partial charge in [-0.3, -0.25) is 9.69 Å². The summed E-state index contributed by atoms with van der Waals surface area (Å²) in [6, 6.07) is 6.13. The van der Waals surface area contributed by atoms with Crippen LogP contribution in [-0.2, 0) is 11.3 Å². The molecule has 25 heavy (non-hydrogen) atoms. The van der Waals surface area contributed by atoms with Crippen molar-refractivity contribution in [2.75, 3.05) is 34.0 Å². The number of H-pyrrole nitrogens is 1. The number of aromatic amines is 1. The van der Waals surface area contributed by atoms with Crippen LogP contribution in [0.15, 0.2) is 23.0 Å². The van der Waals surface area contributed by atoms with Gasteiger partial charge in [-0.1, -0.05) is 6.92 Å². The van der Waals surface area contributed by atoms with Crippen molar-refractivity contribution in [1.29, 1.82) is 0 Å². The Morgan fingerprint density at radius 1 is 1.16 bits per heavy atom. The molecule has 2 heterocycles. The van der Waals surface area contributed by atoms with Gasteiger partial charge >= 0.3 is 0 Å². The number of benzene rings is 1. The van der Waals surface area contributed by atoms with Crippen molar-refractivity contribution in [2.24, 2.45) is 0 Å². The maximum atomic E-state index is 12.5. The van der Waals surface area contributed by atoms with E-state index in [0.717, 1.165) is 49.1 Å². The Labute approximate surface area is 147 Å². The molecule has 3 rings (SSSR count). The van der Waals surface area contributed by atoms with Gasteiger partial charge in [0.05, 0.1) is 19.7 Å². The minimum Gasteiger partial charge on any atom is -0.493 e. The van der Waals surface area contributed by atoms with Crippen LogP contribution in [0.1, 0.15) is 25.3 Å². The number of ether oxygens (including phenoxy) is 3. The molecule has 1 aromatic carbocycles. The molecule has 6 nitrogen and oxygen atoms in total. The molecule has 1 N–H and O–H groups in total. The summed E-state index contributed by atoms with van der Waals surface area (Å²) < 4.78 is 16.1. The van der Waals surface area contributed by atoms with Gasteiger partial charge in [0.2, 0.25) is 0 Å². The third-order valence-electron chi connectivity index (χ3n) is 4.91. The second-order valence-corrected chi connectivity index (χ2v) is 6.32. The number of fused-ring (bicyclic) bond motifs is 1. The first kappa shape index (κ1) is 17.8. The molecule has 0 amide bonds. The average Bonchev–Trinajstić information content (AvgIpc) is 2.66. The van der Waals surface area contributed by atoms with Crippen molar-refractivity contribution >= 4 is 10.9 Å². The lowest BCUT2D eigenvalue weighted by atomic mass is 10.1. The molecular weight excluding hydrogens is 320 g/mol. The fourth-order valence-corrected chi connectivity index (χ4v) is 3.46. The van der Waals surface area contributed by atoms with E-state index in [0.29, 0.717) is 24.1 Å². The second kappa shape index (κ2) is 7.89. The number of nitrogens with one attached hydrogen (secondary N) is 1. The zero-order chi connectivity index (χ0) is 17.8. The standard InChI is InChI=1S/C19H26N2O4/c1-4-21(15-5-7-25-8-6-15)12-14-9-13-10-17(23-2)18(24-3)11-16(13)20-19(14)22/h9-11,15H,4-8,12H2,1-3H3,(H,20,22). The molecule has 1 aliphatic rings. The smallest absolute Gasteiger partial charge is 0.252 e. The van der Waals surface area contributed by atoms with Gasteiger partial charge in [0.15, 0.2) is 11.5 Å². The Morgan fingerprint density at radius 3 is 2.48 bits per heavy atom. The van der Waals surface area contributed by atoms with Gasteiger partial charge in [-0.05, 0) is 31.5 Å². The molecule has 136 valence electrons. The Bertz CT molecular complexity index is 781. The quantitative estimate of drug-likeness (QED) is 0.871. The first-order chi connectivity index (χ1) is 12.2. The second-order valence-electron chi connectivity index (χ2n) is 6.32. The van der Waals surface area contributed by atoms with Crippen LogP contribution in [0.2, 0.25) is 0 Å². The van der Waals surface area contributed by atoms with E-state index in [1.807, 2.05) is 12.1 Å². The summed E-state index contributed by atoms with van der Waals surface area (Å²) in [6.07, 6.45) is 2.04. The molecule has 2 aromatic rings. The van der Waals surface area contributed by atoms with Crippen LogP contribution in [0, 0.1) is 0 Å². The van der Waals surface area contributed by atoms with E-state index < -0.39 is 0 Å². The van der Waals surface area contributed by atoms with Gasteiger partial charge in [-0.25, -0.2) is 0 Å². The number of hydrogen-bond donors (Lipinski definition) is 1. The van der Waals surface area contributed by atoms with E-state index in [9.17, 15) is 4.79 Å². The molecule has 0 unspecified atom stereocenters. The summed E-state index contributed by atoms with van der Waals surface area (Å²) in [7, 11) is 3.20. The zero-order valence-corrected chi connectivity index (χ0v) is 15.1. The zero-order valence-electron chi connectivity index (χ0n) is 15.1. The van der Waals surface area contributed by atoms with Crippen molar-refractivity contribution in [1.82, 2.24) is 9.88 Å². The number of aromatic nitrogens is 1. The first-order valence-corrected chi connectivity index (χ1v) is 8.76. The maximum Gasteiger partial charge on any atom is 0.252 e. The summed E-state index contributed by atoms with van der Waals surface area (Å²) in [5.74, 6) is 1.26. The van der Waals surface area contributed by atoms with E-state index >= 15 is 0 Å². The van der Waals surface area contributed by atoms with Crippen LogP contribution < -0.4 is 15.0 Å². The number of methoxy groups -OCH3 is 2. The van der Waals surface area contributed by atoms with Crippen molar-refractivity contribution < 1.29 is 14.2 Å². The summed E-state index contributed by atoms with van der Waals surface area (Å²) in [6.45, 7) is 5.28. The maximum absolute atomic E-state index is 12.5. The Kier molecular flexibility index (Phi) is 5.60. The third kappa shape index (κ3) is 3.80. The number of pyridine rings is 1. The fraction of sp³-hybridized carbons (Fsp3) is 0.526. The predicted octanol–water partition coefficient (Wildman–Crippen LogP) is 2.55. The van der Waals surface area contributed by atoms with E-state index in [4.69, 9.17) is 14.2 Å². The lowest BCUT2D eigenvalue weighted by Gasteiger charge is -2.33. The van der Waals surface area contributed by atoms with Crippen LogP contribution in [0.25, 0.3) is 10.9 Å². The molecule has 0 radical (unpaired) electrons. The van der Waals surface area contributed by atoms with Gasteiger partial charge in [0.1, 0.15) is 0 Å². The fourth-order valence-electron chi connectivity index (χ4n) is 3.46. The Hall–Kier alpha value is -2.05. The highest BCUT2D eigenvalue weighted by Gasteiger charge is 2.21. The Balaban J connectivity index is 1.92. The topological polar surface area (TPSA) is 63.8 Å². The molecule has 1 aliphatic heterocycles. The van der Waals surface area contributed by atoms with Crippen LogP contribution in [-0.4, -0.2) is 49.9 Å². The molecular formula is C19H26N2O4.